The van der Waals surface area contributed by atoms with E-state index in [1.54, 1.807) is 0 Å². The first-order chi connectivity index (χ1) is 15.5. The van der Waals surface area contributed by atoms with E-state index in [-0.39, 0.29) is 0 Å². The van der Waals surface area contributed by atoms with Crippen molar-refractivity contribution in [1.29, 1.82) is 0 Å². The van der Waals surface area contributed by atoms with Gasteiger partial charge in [-0.2, -0.15) is 0 Å². The fraction of sp³-hybridized carbons (Fsp3) is 0.143. The van der Waals surface area contributed by atoms with Crippen LogP contribution in [-0.2, 0) is 0 Å². The molecule has 0 unspecified atom stereocenters. The molecule has 4 heteroatoms. The zero-order valence-corrected chi connectivity index (χ0v) is 18.9. The molecule has 32 heavy (non-hydrogen) atoms. The van der Waals surface area contributed by atoms with E-state index in [2.05, 4.69) is 109 Å². The second-order valence-electron chi connectivity index (χ2n) is 8.46. The van der Waals surface area contributed by atoms with E-state index in [1.165, 1.54) is 5.39 Å². The molecule has 0 saturated heterocycles. The van der Waals surface area contributed by atoms with Gasteiger partial charge in [-0.15, -0.1) is 0 Å². The van der Waals surface area contributed by atoms with Gasteiger partial charge in [-0.3, -0.25) is 0 Å². The zero-order valence-electron chi connectivity index (χ0n) is 18.9. The third kappa shape index (κ3) is 3.54. The zero-order chi connectivity index (χ0) is 22.2. The van der Waals surface area contributed by atoms with Crippen molar-refractivity contribution in [3.05, 3.63) is 84.9 Å². The summed E-state index contributed by atoms with van der Waals surface area (Å²) >= 11 is 0. The van der Waals surface area contributed by atoms with E-state index in [1.807, 2.05) is 14.1 Å². The van der Waals surface area contributed by atoms with Gasteiger partial charge < -0.3 is 9.80 Å². The minimum atomic E-state index is 0.899. The number of fused-ring (bicyclic) bond motifs is 3. The first kappa shape index (κ1) is 20.0. The molecule has 0 aliphatic heterocycles. The number of anilines is 2. The van der Waals surface area contributed by atoms with Crippen molar-refractivity contribution in [1.82, 2.24) is 9.97 Å². The van der Waals surface area contributed by atoms with Crippen molar-refractivity contribution in [2.45, 2.75) is 0 Å². The first-order valence-corrected chi connectivity index (χ1v) is 10.8. The van der Waals surface area contributed by atoms with Crippen molar-refractivity contribution in [2.24, 2.45) is 0 Å². The maximum atomic E-state index is 5.20. The van der Waals surface area contributed by atoms with E-state index in [4.69, 9.17) is 9.97 Å². The van der Waals surface area contributed by atoms with Gasteiger partial charge in [-0.05, 0) is 35.7 Å². The second-order valence-corrected chi connectivity index (χ2v) is 8.46. The molecule has 1 aromatic heterocycles. The number of rotatable bonds is 4. The lowest BCUT2D eigenvalue weighted by Crippen LogP contribution is -2.08. The Morgan fingerprint density at radius 3 is 1.62 bits per heavy atom. The fourth-order valence-corrected chi connectivity index (χ4v) is 4.03. The Morgan fingerprint density at radius 1 is 0.531 bits per heavy atom. The molecule has 0 amide bonds. The van der Waals surface area contributed by atoms with Gasteiger partial charge in [0.1, 0.15) is 0 Å². The Labute approximate surface area is 188 Å². The molecule has 1 heterocycles. The fourth-order valence-electron chi connectivity index (χ4n) is 4.03. The summed E-state index contributed by atoms with van der Waals surface area (Å²) in [6, 6.07) is 29.6. The molecule has 0 atom stereocenters. The topological polar surface area (TPSA) is 32.3 Å². The Hall–Kier alpha value is -3.92. The normalized spacial score (nSPS) is 11.1. The SMILES string of the molecule is CN(C)c1ccc(-c2nc3ccc4ccccc4c3nc2-c2ccc(N(C)C)cc2)cc1. The monoisotopic (exact) mass is 418 g/mol. The van der Waals surface area contributed by atoms with Crippen LogP contribution in [0.1, 0.15) is 0 Å². The molecule has 4 aromatic carbocycles. The summed E-state index contributed by atoms with van der Waals surface area (Å²) in [5.41, 5.74) is 8.07. The number of hydrogen-bond donors (Lipinski definition) is 0. The highest BCUT2D eigenvalue weighted by Gasteiger charge is 2.15. The van der Waals surface area contributed by atoms with Crippen molar-refractivity contribution in [3.8, 4) is 22.5 Å². The molecule has 0 aliphatic carbocycles. The van der Waals surface area contributed by atoms with E-state index in [0.29, 0.717) is 0 Å². The smallest absolute Gasteiger partial charge is 0.0973 e. The van der Waals surface area contributed by atoms with Crippen LogP contribution >= 0.6 is 0 Å². The maximum absolute atomic E-state index is 5.20. The van der Waals surface area contributed by atoms with Crippen LogP contribution < -0.4 is 9.80 Å². The van der Waals surface area contributed by atoms with Gasteiger partial charge in [-0.25, -0.2) is 9.97 Å². The molecule has 0 radical (unpaired) electrons. The highest BCUT2D eigenvalue weighted by atomic mass is 15.1. The Morgan fingerprint density at radius 2 is 1.06 bits per heavy atom. The molecule has 5 rings (SSSR count). The van der Waals surface area contributed by atoms with E-state index >= 15 is 0 Å². The van der Waals surface area contributed by atoms with Gasteiger partial charge in [0.05, 0.1) is 22.4 Å². The molecule has 0 fully saturated rings. The molecular formula is C28H26N4. The Kier molecular flexibility index (Phi) is 4.98. The predicted molar refractivity (Wildman–Crippen MR) is 137 cm³/mol. The average molecular weight is 419 g/mol. The molecule has 0 N–H and O–H groups in total. The third-order valence-corrected chi connectivity index (χ3v) is 5.87. The van der Waals surface area contributed by atoms with Gasteiger partial charge in [0.15, 0.2) is 0 Å². The van der Waals surface area contributed by atoms with E-state index in [0.717, 1.165) is 50.3 Å². The highest BCUT2D eigenvalue weighted by molar-refractivity contribution is 6.05. The molecule has 0 saturated carbocycles. The third-order valence-electron chi connectivity index (χ3n) is 5.87. The van der Waals surface area contributed by atoms with Crippen LogP contribution in [-0.4, -0.2) is 38.2 Å². The minimum Gasteiger partial charge on any atom is -0.378 e. The summed E-state index contributed by atoms with van der Waals surface area (Å²) in [5.74, 6) is 0. The summed E-state index contributed by atoms with van der Waals surface area (Å²) in [4.78, 5) is 14.5. The summed E-state index contributed by atoms with van der Waals surface area (Å²) in [6.07, 6.45) is 0. The summed E-state index contributed by atoms with van der Waals surface area (Å²) < 4.78 is 0. The number of aromatic nitrogens is 2. The molecule has 0 bridgehead atoms. The van der Waals surface area contributed by atoms with Gasteiger partial charge in [0, 0.05) is 56.1 Å². The van der Waals surface area contributed by atoms with Crippen LogP contribution in [0.15, 0.2) is 84.9 Å². The molecule has 158 valence electrons. The van der Waals surface area contributed by atoms with Crippen LogP contribution in [0.25, 0.3) is 44.3 Å². The van der Waals surface area contributed by atoms with Crippen molar-refractivity contribution in [3.63, 3.8) is 0 Å². The summed E-state index contributed by atoms with van der Waals surface area (Å²) in [5, 5.41) is 2.30. The summed E-state index contributed by atoms with van der Waals surface area (Å²) in [6.45, 7) is 0. The lowest BCUT2D eigenvalue weighted by Gasteiger charge is -2.16. The predicted octanol–water partition coefficient (Wildman–Crippen LogP) is 6.25. The van der Waals surface area contributed by atoms with Crippen LogP contribution in [0.4, 0.5) is 11.4 Å². The number of nitrogens with zero attached hydrogens (tertiary/aromatic N) is 4. The van der Waals surface area contributed by atoms with Gasteiger partial charge >= 0.3 is 0 Å². The minimum absolute atomic E-state index is 0.899. The second kappa shape index (κ2) is 7.97. The average Bonchev–Trinajstić information content (AvgIpc) is 2.83. The van der Waals surface area contributed by atoms with E-state index < -0.39 is 0 Å². The maximum Gasteiger partial charge on any atom is 0.0973 e. The number of benzene rings is 4. The van der Waals surface area contributed by atoms with Crippen LogP contribution in [0.3, 0.4) is 0 Å². The molecular weight excluding hydrogens is 392 g/mol. The highest BCUT2D eigenvalue weighted by Crippen LogP contribution is 2.34. The lowest BCUT2D eigenvalue weighted by atomic mass is 10.0. The van der Waals surface area contributed by atoms with E-state index in [9.17, 15) is 0 Å². The molecule has 0 spiro atoms. The standard InChI is InChI=1S/C28H26N4/c1-31(2)22-14-9-20(10-15-22)26-27(21-11-16-23(17-12-21)32(3)4)30-28-24-8-6-5-7-19(24)13-18-25(28)29-26/h5-18H,1-4H3. The quantitative estimate of drug-likeness (QED) is 0.323. The largest absolute Gasteiger partial charge is 0.378 e. The molecule has 5 aromatic rings. The van der Waals surface area contributed by atoms with Crippen LogP contribution in [0.2, 0.25) is 0 Å². The van der Waals surface area contributed by atoms with Crippen LogP contribution in [0, 0.1) is 0 Å². The number of hydrogen-bond acceptors (Lipinski definition) is 4. The van der Waals surface area contributed by atoms with Gasteiger partial charge in [0.2, 0.25) is 0 Å². The van der Waals surface area contributed by atoms with Gasteiger partial charge in [-0.1, -0.05) is 54.6 Å². The van der Waals surface area contributed by atoms with Crippen LogP contribution in [0.5, 0.6) is 0 Å². The Balaban J connectivity index is 1.77. The van der Waals surface area contributed by atoms with Gasteiger partial charge in [0.25, 0.3) is 0 Å². The van der Waals surface area contributed by atoms with Crippen molar-refractivity contribution >= 4 is 33.2 Å². The van der Waals surface area contributed by atoms with Crippen molar-refractivity contribution < 1.29 is 0 Å². The van der Waals surface area contributed by atoms with Crippen molar-refractivity contribution in [2.75, 3.05) is 38.0 Å². The summed E-state index contributed by atoms with van der Waals surface area (Å²) in [7, 11) is 8.20. The molecule has 4 nitrogen and oxygen atoms in total. The first-order valence-electron chi connectivity index (χ1n) is 10.8. The lowest BCUT2D eigenvalue weighted by molar-refractivity contribution is 1.13. The Bertz CT molecular complexity index is 1400. The molecule has 0 aliphatic rings.